The number of ether oxygens (including phenoxy) is 1. The topological polar surface area (TPSA) is 82.3 Å². The third-order valence-corrected chi connectivity index (χ3v) is 5.04. The lowest BCUT2D eigenvalue weighted by molar-refractivity contribution is 0.413. The van der Waals surface area contributed by atoms with E-state index < -0.39 is 9.84 Å². The van der Waals surface area contributed by atoms with Gasteiger partial charge in [0.2, 0.25) is 0 Å². The molecule has 1 aromatic carbocycles. The van der Waals surface area contributed by atoms with Crippen LogP contribution in [0, 0.1) is 6.92 Å². The lowest BCUT2D eigenvalue weighted by Gasteiger charge is -2.10. The second kappa shape index (κ2) is 5.91. The third kappa shape index (κ3) is 3.46. The molecular formula is C14H15ClN2O3S. The van der Waals surface area contributed by atoms with Crippen LogP contribution in [0.1, 0.15) is 11.4 Å². The predicted molar refractivity (Wildman–Crippen MR) is 82.3 cm³/mol. The summed E-state index contributed by atoms with van der Waals surface area (Å²) in [6.07, 6.45) is 0. The van der Waals surface area contributed by atoms with E-state index >= 15 is 0 Å². The molecule has 0 fully saturated rings. The largest absolute Gasteiger partial charge is 0.497 e. The molecule has 5 nitrogen and oxygen atoms in total. The average molecular weight is 327 g/mol. The Morgan fingerprint density at radius 2 is 2.05 bits per heavy atom. The fraction of sp³-hybridized carbons (Fsp3) is 0.214. The highest BCUT2D eigenvalue weighted by atomic mass is 35.5. The van der Waals surface area contributed by atoms with Gasteiger partial charge in [-0.3, -0.25) is 4.98 Å². The van der Waals surface area contributed by atoms with Gasteiger partial charge in [0.15, 0.2) is 9.84 Å². The number of aromatic nitrogens is 1. The minimum Gasteiger partial charge on any atom is -0.497 e. The number of aryl methyl sites for hydroxylation is 1. The second-order valence-electron chi connectivity index (χ2n) is 4.56. The van der Waals surface area contributed by atoms with Crippen LogP contribution < -0.4 is 10.5 Å². The van der Waals surface area contributed by atoms with E-state index in [-0.39, 0.29) is 21.4 Å². The average Bonchev–Trinajstić information content (AvgIpc) is 2.36. The second-order valence-corrected chi connectivity index (χ2v) is 6.89. The van der Waals surface area contributed by atoms with Crippen LogP contribution in [0.25, 0.3) is 0 Å². The van der Waals surface area contributed by atoms with Gasteiger partial charge in [-0.25, -0.2) is 8.42 Å². The van der Waals surface area contributed by atoms with Crippen molar-refractivity contribution in [1.29, 1.82) is 0 Å². The van der Waals surface area contributed by atoms with Crippen LogP contribution in [0.5, 0.6) is 5.75 Å². The van der Waals surface area contributed by atoms with Gasteiger partial charge in [-0.1, -0.05) is 17.7 Å². The van der Waals surface area contributed by atoms with Crippen LogP contribution in [-0.2, 0) is 15.6 Å². The fourth-order valence-corrected chi connectivity index (χ4v) is 4.02. The molecule has 21 heavy (non-hydrogen) atoms. The maximum atomic E-state index is 12.5. The van der Waals surface area contributed by atoms with E-state index in [0.29, 0.717) is 17.1 Å². The smallest absolute Gasteiger partial charge is 0.187 e. The Labute approximate surface area is 128 Å². The van der Waals surface area contributed by atoms with E-state index in [1.165, 1.54) is 19.2 Å². The number of nitrogens with zero attached hydrogens (tertiary/aromatic N) is 1. The molecule has 0 saturated carbocycles. The Balaban J connectivity index is 2.45. The van der Waals surface area contributed by atoms with Crippen LogP contribution >= 0.6 is 11.6 Å². The fourth-order valence-electron chi connectivity index (χ4n) is 2.02. The maximum absolute atomic E-state index is 12.5. The van der Waals surface area contributed by atoms with Crippen molar-refractivity contribution in [1.82, 2.24) is 4.98 Å². The van der Waals surface area contributed by atoms with Crippen molar-refractivity contribution in [2.24, 2.45) is 0 Å². The lowest BCUT2D eigenvalue weighted by Crippen LogP contribution is -2.10. The van der Waals surface area contributed by atoms with Crippen molar-refractivity contribution in [2.45, 2.75) is 17.6 Å². The van der Waals surface area contributed by atoms with Crippen molar-refractivity contribution < 1.29 is 13.2 Å². The van der Waals surface area contributed by atoms with Crippen LogP contribution in [-0.4, -0.2) is 20.5 Å². The normalized spacial score (nSPS) is 11.4. The van der Waals surface area contributed by atoms with Crippen LogP contribution in [0.3, 0.4) is 0 Å². The van der Waals surface area contributed by atoms with Crippen molar-refractivity contribution in [2.75, 3.05) is 12.8 Å². The molecule has 0 amide bonds. The van der Waals surface area contributed by atoms with Crippen LogP contribution in [0.15, 0.2) is 35.2 Å². The van der Waals surface area contributed by atoms with Gasteiger partial charge < -0.3 is 10.5 Å². The number of nitrogen functional groups attached to an aromatic ring is 1. The van der Waals surface area contributed by atoms with Gasteiger partial charge in [-0.2, -0.15) is 0 Å². The molecule has 2 aromatic rings. The van der Waals surface area contributed by atoms with E-state index in [4.69, 9.17) is 22.1 Å². The third-order valence-electron chi connectivity index (χ3n) is 2.86. The van der Waals surface area contributed by atoms with Gasteiger partial charge in [-0.15, -0.1) is 0 Å². The first-order chi connectivity index (χ1) is 9.83. The lowest BCUT2D eigenvalue weighted by atomic mass is 10.3. The number of sulfone groups is 1. The number of hydrogen-bond acceptors (Lipinski definition) is 5. The first kappa shape index (κ1) is 15.6. The molecule has 2 N–H and O–H groups in total. The van der Waals surface area contributed by atoms with E-state index in [1.54, 1.807) is 25.1 Å². The van der Waals surface area contributed by atoms with Gasteiger partial charge in [0, 0.05) is 17.8 Å². The Bertz CT molecular complexity index is 756. The molecule has 0 unspecified atom stereocenters. The van der Waals surface area contributed by atoms with E-state index in [0.717, 1.165) is 0 Å². The van der Waals surface area contributed by atoms with Crippen molar-refractivity contribution in [3.05, 3.63) is 46.7 Å². The molecular weight excluding hydrogens is 312 g/mol. The van der Waals surface area contributed by atoms with Crippen LogP contribution in [0.4, 0.5) is 5.69 Å². The van der Waals surface area contributed by atoms with Crippen molar-refractivity contribution in [3.8, 4) is 5.75 Å². The zero-order valence-electron chi connectivity index (χ0n) is 11.6. The summed E-state index contributed by atoms with van der Waals surface area (Å²) in [7, 11) is -2.18. The maximum Gasteiger partial charge on any atom is 0.187 e. The van der Waals surface area contributed by atoms with Crippen molar-refractivity contribution in [3.63, 3.8) is 0 Å². The summed E-state index contributed by atoms with van der Waals surface area (Å²) >= 11 is 5.97. The summed E-state index contributed by atoms with van der Waals surface area (Å²) in [5, 5.41) is 0.106. The number of hydrogen-bond donors (Lipinski definition) is 1. The molecule has 112 valence electrons. The summed E-state index contributed by atoms with van der Waals surface area (Å²) in [6, 6.07) is 7.90. The molecule has 0 spiro atoms. The molecule has 0 aliphatic heterocycles. The molecule has 7 heteroatoms. The molecule has 0 radical (unpaired) electrons. The molecule has 0 bridgehead atoms. The van der Waals surface area contributed by atoms with Gasteiger partial charge in [0.25, 0.3) is 0 Å². The Morgan fingerprint density at radius 1 is 1.33 bits per heavy atom. The minimum atomic E-state index is -3.69. The van der Waals surface area contributed by atoms with Gasteiger partial charge in [0.05, 0.1) is 29.3 Å². The first-order valence-electron chi connectivity index (χ1n) is 6.12. The number of anilines is 1. The zero-order valence-corrected chi connectivity index (χ0v) is 13.2. The van der Waals surface area contributed by atoms with E-state index in [9.17, 15) is 8.42 Å². The van der Waals surface area contributed by atoms with Crippen LogP contribution in [0.2, 0.25) is 5.02 Å². The Hall–Kier alpha value is -1.79. The summed E-state index contributed by atoms with van der Waals surface area (Å²) in [5.41, 5.74) is 6.92. The molecule has 2 rings (SSSR count). The number of halogens is 1. The van der Waals surface area contributed by atoms with Gasteiger partial charge in [0.1, 0.15) is 10.6 Å². The summed E-state index contributed by atoms with van der Waals surface area (Å²) in [5.74, 6) is 0.263. The molecule has 0 atom stereocenters. The van der Waals surface area contributed by atoms with E-state index in [2.05, 4.69) is 4.98 Å². The molecule has 0 saturated heterocycles. The summed E-state index contributed by atoms with van der Waals surface area (Å²) in [6.45, 7) is 1.77. The summed E-state index contributed by atoms with van der Waals surface area (Å²) in [4.78, 5) is 4.15. The van der Waals surface area contributed by atoms with Gasteiger partial charge >= 0.3 is 0 Å². The number of methoxy groups -OCH3 is 1. The predicted octanol–water partition coefficient (Wildman–Crippen LogP) is 2.61. The first-order valence-corrected chi connectivity index (χ1v) is 8.15. The quantitative estimate of drug-likeness (QED) is 0.873. The summed E-state index contributed by atoms with van der Waals surface area (Å²) < 4.78 is 30.1. The van der Waals surface area contributed by atoms with Gasteiger partial charge in [-0.05, 0) is 19.1 Å². The number of benzene rings is 1. The molecule has 1 heterocycles. The Kier molecular flexibility index (Phi) is 4.39. The number of nitrogens with two attached hydrogens (primary N) is 1. The van der Waals surface area contributed by atoms with Crippen molar-refractivity contribution >= 4 is 27.1 Å². The Morgan fingerprint density at radius 3 is 2.67 bits per heavy atom. The SMILES string of the molecule is COc1cc(C)nc(CS(=O)(=O)c2c(N)cccc2Cl)c1. The minimum absolute atomic E-state index is 0.0612. The highest BCUT2D eigenvalue weighted by molar-refractivity contribution is 7.91. The zero-order chi connectivity index (χ0) is 15.6. The molecule has 1 aromatic heterocycles. The molecule has 0 aliphatic rings. The number of pyridine rings is 1. The highest BCUT2D eigenvalue weighted by Crippen LogP contribution is 2.30. The highest BCUT2D eigenvalue weighted by Gasteiger charge is 2.22. The number of rotatable bonds is 4. The standard InChI is InChI=1S/C14H15ClN2O3S/c1-9-6-11(20-2)7-10(17-9)8-21(18,19)14-12(15)4-3-5-13(14)16/h3-7H,8,16H2,1-2H3. The van der Waals surface area contributed by atoms with E-state index in [1.807, 2.05) is 0 Å². The monoisotopic (exact) mass is 326 g/mol. The molecule has 0 aliphatic carbocycles.